The van der Waals surface area contributed by atoms with Crippen LogP contribution in [-0.4, -0.2) is 24.4 Å². The smallest absolute Gasteiger partial charge is 0.238 e. The first-order valence-corrected chi connectivity index (χ1v) is 8.13. The van der Waals surface area contributed by atoms with Crippen LogP contribution < -0.4 is 14.8 Å². The number of hydrogen-bond donors (Lipinski definition) is 1. The average molecular weight is 313 g/mol. The minimum atomic E-state index is -0.0781. The molecular weight excluding hydrogens is 298 g/mol. The third kappa shape index (κ3) is 2.52. The number of carbonyl (C=O) groups excluding carboxylic acids is 1. The van der Waals surface area contributed by atoms with Gasteiger partial charge in [0.25, 0.3) is 0 Å². The highest BCUT2D eigenvalue weighted by Crippen LogP contribution is 2.38. The number of carbonyl (C=O) groups is 1. The number of nitrogens with one attached hydrogen (secondary N) is 1. The summed E-state index contributed by atoms with van der Waals surface area (Å²) < 4.78 is 11.0. The molecule has 4 nitrogen and oxygen atoms in total. The second-order valence-corrected chi connectivity index (χ2v) is 6.51. The van der Waals surface area contributed by atoms with E-state index in [2.05, 4.69) is 17.4 Å². The lowest BCUT2D eigenvalue weighted by atomic mass is 10.1. The minimum Gasteiger partial charge on any atom is -0.486 e. The van der Waals surface area contributed by atoms with Crippen molar-refractivity contribution in [1.82, 2.24) is 0 Å². The molecule has 2 aliphatic heterocycles. The van der Waals surface area contributed by atoms with Crippen molar-refractivity contribution in [2.24, 2.45) is 0 Å². The van der Waals surface area contributed by atoms with E-state index in [4.69, 9.17) is 9.47 Å². The van der Waals surface area contributed by atoms with Crippen LogP contribution in [0, 0.1) is 0 Å². The Labute approximate surface area is 132 Å². The summed E-state index contributed by atoms with van der Waals surface area (Å²) >= 11 is 1.62. The van der Waals surface area contributed by atoms with E-state index in [1.807, 2.05) is 30.3 Å². The van der Waals surface area contributed by atoms with Gasteiger partial charge in [-0.2, -0.15) is 0 Å². The average Bonchev–Trinajstić information content (AvgIpc) is 2.99. The zero-order valence-corrected chi connectivity index (χ0v) is 12.7. The van der Waals surface area contributed by atoms with E-state index in [0.717, 1.165) is 17.9 Å². The van der Waals surface area contributed by atoms with Crippen molar-refractivity contribution >= 4 is 23.4 Å². The zero-order chi connectivity index (χ0) is 14.9. The van der Waals surface area contributed by atoms with E-state index in [-0.39, 0.29) is 11.2 Å². The first-order valence-electron chi connectivity index (χ1n) is 7.25. The van der Waals surface area contributed by atoms with Crippen LogP contribution in [0.4, 0.5) is 5.69 Å². The van der Waals surface area contributed by atoms with Gasteiger partial charge in [-0.1, -0.05) is 18.2 Å². The largest absolute Gasteiger partial charge is 0.486 e. The van der Waals surface area contributed by atoms with Crippen LogP contribution in [0.5, 0.6) is 11.5 Å². The van der Waals surface area contributed by atoms with Crippen molar-refractivity contribution in [2.75, 3.05) is 18.5 Å². The fraction of sp³-hybridized carbons (Fsp3) is 0.235. The molecule has 0 aliphatic carbocycles. The molecule has 2 aromatic rings. The molecule has 0 spiro atoms. The van der Waals surface area contributed by atoms with E-state index in [9.17, 15) is 4.79 Å². The SMILES string of the molecule is O=C(Nc1ccc2c(c1)OCCO2)C1Cc2ccccc2S1. The van der Waals surface area contributed by atoms with Gasteiger partial charge in [0, 0.05) is 16.6 Å². The monoisotopic (exact) mass is 313 g/mol. The summed E-state index contributed by atoms with van der Waals surface area (Å²) in [5, 5.41) is 2.90. The van der Waals surface area contributed by atoms with Gasteiger partial charge >= 0.3 is 0 Å². The van der Waals surface area contributed by atoms with Gasteiger partial charge in [0.05, 0.1) is 5.25 Å². The molecule has 2 aromatic carbocycles. The summed E-state index contributed by atoms with van der Waals surface area (Å²) in [5.74, 6) is 1.44. The number of thioether (sulfide) groups is 1. The Balaban J connectivity index is 1.47. The van der Waals surface area contributed by atoms with Crippen LogP contribution in [0.3, 0.4) is 0 Å². The number of rotatable bonds is 2. The highest BCUT2D eigenvalue weighted by atomic mass is 32.2. The fourth-order valence-electron chi connectivity index (χ4n) is 2.67. The first kappa shape index (κ1) is 13.5. The van der Waals surface area contributed by atoms with Crippen LogP contribution in [0.15, 0.2) is 47.4 Å². The third-order valence-corrected chi connectivity index (χ3v) is 5.07. The van der Waals surface area contributed by atoms with E-state index in [1.165, 1.54) is 10.5 Å². The van der Waals surface area contributed by atoms with Crippen molar-refractivity contribution in [3.63, 3.8) is 0 Å². The molecule has 5 heteroatoms. The third-order valence-electron chi connectivity index (χ3n) is 3.75. The quantitative estimate of drug-likeness (QED) is 0.925. The Hall–Kier alpha value is -2.14. The second kappa shape index (κ2) is 5.57. The molecule has 0 saturated heterocycles. The normalized spacial score (nSPS) is 18.6. The van der Waals surface area contributed by atoms with Crippen LogP contribution in [0.25, 0.3) is 0 Å². The molecule has 2 heterocycles. The van der Waals surface area contributed by atoms with Gasteiger partial charge in [-0.25, -0.2) is 0 Å². The van der Waals surface area contributed by atoms with Crippen LogP contribution in [0.2, 0.25) is 0 Å². The van der Waals surface area contributed by atoms with Crippen molar-refractivity contribution in [3.05, 3.63) is 48.0 Å². The molecule has 0 aromatic heterocycles. The molecule has 4 rings (SSSR count). The van der Waals surface area contributed by atoms with Gasteiger partial charge in [0.2, 0.25) is 5.91 Å². The minimum absolute atomic E-state index is 0.0258. The van der Waals surface area contributed by atoms with Gasteiger partial charge in [0.1, 0.15) is 13.2 Å². The van der Waals surface area contributed by atoms with E-state index in [1.54, 1.807) is 11.8 Å². The molecule has 1 amide bonds. The Morgan fingerprint density at radius 3 is 2.77 bits per heavy atom. The van der Waals surface area contributed by atoms with Crippen molar-refractivity contribution in [3.8, 4) is 11.5 Å². The lowest BCUT2D eigenvalue weighted by molar-refractivity contribution is -0.115. The maximum Gasteiger partial charge on any atom is 0.238 e. The van der Waals surface area contributed by atoms with Gasteiger partial charge in [-0.15, -0.1) is 11.8 Å². The topological polar surface area (TPSA) is 47.6 Å². The van der Waals surface area contributed by atoms with E-state index < -0.39 is 0 Å². The Morgan fingerprint density at radius 1 is 1.09 bits per heavy atom. The molecule has 1 atom stereocenters. The lowest BCUT2D eigenvalue weighted by Gasteiger charge is -2.19. The standard InChI is InChI=1S/C17H15NO3S/c19-17(16-9-11-3-1-2-4-15(11)22-16)18-12-5-6-13-14(10-12)21-8-7-20-13/h1-6,10,16H,7-9H2,(H,18,19). The molecule has 0 saturated carbocycles. The molecular formula is C17H15NO3S. The summed E-state index contributed by atoms with van der Waals surface area (Å²) in [4.78, 5) is 13.6. The first-order chi connectivity index (χ1) is 10.8. The fourth-order valence-corrected chi connectivity index (χ4v) is 3.87. The summed E-state index contributed by atoms with van der Waals surface area (Å²) in [5.41, 5.74) is 1.99. The number of anilines is 1. The molecule has 1 unspecified atom stereocenters. The number of fused-ring (bicyclic) bond motifs is 2. The predicted octanol–water partition coefficient (Wildman–Crippen LogP) is 3.11. The van der Waals surface area contributed by atoms with E-state index in [0.29, 0.717) is 19.0 Å². The molecule has 22 heavy (non-hydrogen) atoms. The molecule has 0 bridgehead atoms. The summed E-state index contributed by atoms with van der Waals surface area (Å²) in [6.45, 7) is 1.11. The number of ether oxygens (including phenoxy) is 2. The van der Waals surface area contributed by atoms with E-state index >= 15 is 0 Å². The number of amides is 1. The molecule has 1 N–H and O–H groups in total. The van der Waals surface area contributed by atoms with Crippen LogP contribution >= 0.6 is 11.8 Å². The van der Waals surface area contributed by atoms with Gasteiger partial charge < -0.3 is 14.8 Å². The zero-order valence-electron chi connectivity index (χ0n) is 11.9. The predicted molar refractivity (Wildman–Crippen MR) is 85.9 cm³/mol. The maximum atomic E-state index is 12.4. The number of benzene rings is 2. The Morgan fingerprint density at radius 2 is 1.91 bits per heavy atom. The molecule has 0 radical (unpaired) electrons. The summed E-state index contributed by atoms with van der Waals surface area (Å²) in [7, 11) is 0. The lowest BCUT2D eigenvalue weighted by Crippen LogP contribution is -2.24. The molecule has 0 fully saturated rings. The number of hydrogen-bond acceptors (Lipinski definition) is 4. The highest BCUT2D eigenvalue weighted by Gasteiger charge is 2.28. The maximum absolute atomic E-state index is 12.4. The molecule has 2 aliphatic rings. The Bertz CT molecular complexity index is 707. The van der Waals surface area contributed by atoms with Crippen molar-refractivity contribution in [1.29, 1.82) is 0 Å². The Kier molecular flexibility index (Phi) is 3.42. The summed E-state index contributed by atoms with van der Waals surface area (Å²) in [6.07, 6.45) is 0.775. The van der Waals surface area contributed by atoms with Gasteiger partial charge in [-0.3, -0.25) is 4.79 Å². The second-order valence-electron chi connectivity index (χ2n) is 5.27. The van der Waals surface area contributed by atoms with Crippen molar-refractivity contribution < 1.29 is 14.3 Å². The summed E-state index contributed by atoms with van der Waals surface area (Å²) in [6, 6.07) is 13.7. The van der Waals surface area contributed by atoms with Crippen molar-refractivity contribution in [2.45, 2.75) is 16.6 Å². The van der Waals surface area contributed by atoms with Crippen LogP contribution in [-0.2, 0) is 11.2 Å². The van der Waals surface area contributed by atoms with Gasteiger partial charge in [-0.05, 0) is 30.2 Å². The highest BCUT2D eigenvalue weighted by molar-refractivity contribution is 8.01. The van der Waals surface area contributed by atoms with Crippen LogP contribution in [0.1, 0.15) is 5.56 Å². The molecule has 112 valence electrons. The van der Waals surface area contributed by atoms with Gasteiger partial charge in [0.15, 0.2) is 11.5 Å².